The van der Waals surface area contributed by atoms with Crippen LogP contribution in [0, 0.1) is 11.8 Å². The van der Waals surface area contributed by atoms with Crippen molar-refractivity contribution in [3.8, 4) is 0 Å². The number of rotatable bonds is 2. The van der Waals surface area contributed by atoms with Crippen LogP contribution in [0.1, 0.15) is 44.9 Å². The average Bonchev–Trinajstić information content (AvgIpc) is 2.94. The van der Waals surface area contributed by atoms with E-state index in [1.165, 1.54) is 25.7 Å². The fourth-order valence-corrected chi connectivity index (χ4v) is 4.29. The van der Waals surface area contributed by atoms with Gasteiger partial charge in [0, 0.05) is 6.54 Å². The van der Waals surface area contributed by atoms with Gasteiger partial charge in [0.2, 0.25) is 5.91 Å². The number of aliphatic hydroxyl groups is 1. The SMILES string of the molecule is O=C(C1NCC2CCCC21)N1CCCCCC1CO. The monoisotopic (exact) mass is 266 g/mol. The lowest BCUT2D eigenvalue weighted by molar-refractivity contribution is -0.137. The van der Waals surface area contributed by atoms with Gasteiger partial charge in [-0.3, -0.25) is 4.79 Å². The molecule has 1 saturated carbocycles. The summed E-state index contributed by atoms with van der Waals surface area (Å²) < 4.78 is 0. The van der Waals surface area contributed by atoms with E-state index in [0.717, 1.165) is 32.4 Å². The molecule has 3 fully saturated rings. The van der Waals surface area contributed by atoms with Gasteiger partial charge in [-0.25, -0.2) is 0 Å². The highest BCUT2D eigenvalue weighted by Gasteiger charge is 2.44. The Morgan fingerprint density at radius 1 is 1.16 bits per heavy atom. The number of nitrogens with zero attached hydrogens (tertiary/aromatic N) is 1. The predicted molar refractivity (Wildman–Crippen MR) is 73.7 cm³/mol. The van der Waals surface area contributed by atoms with Crippen LogP contribution in [-0.2, 0) is 4.79 Å². The normalized spacial score (nSPS) is 39.1. The van der Waals surface area contributed by atoms with Crippen molar-refractivity contribution < 1.29 is 9.90 Å². The number of hydrogen-bond acceptors (Lipinski definition) is 3. The molecule has 4 atom stereocenters. The van der Waals surface area contributed by atoms with Crippen LogP contribution in [0.4, 0.5) is 0 Å². The summed E-state index contributed by atoms with van der Waals surface area (Å²) in [5.41, 5.74) is 0. The Morgan fingerprint density at radius 2 is 2.05 bits per heavy atom. The molecular weight excluding hydrogens is 240 g/mol. The molecule has 0 spiro atoms. The van der Waals surface area contributed by atoms with Crippen molar-refractivity contribution in [2.24, 2.45) is 11.8 Å². The molecule has 1 amide bonds. The zero-order valence-electron chi connectivity index (χ0n) is 11.7. The standard InChI is InChI=1S/C15H26N2O2/c18-10-12-6-2-1-3-8-17(12)15(19)14-13-7-4-5-11(13)9-16-14/h11-14,16,18H,1-10H2. The zero-order valence-corrected chi connectivity index (χ0v) is 11.7. The fraction of sp³-hybridized carbons (Fsp3) is 0.933. The summed E-state index contributed by atoms with van der Waals surface area (Å²) >= 11 is 0. The van der Waals surface area contributed by atoms with E-state index in [4.69, 9.17) is 0 Å². The van der Waals surface area contributed by atoms with Gasteiger partial charge in [0.1, 0.15) is 0 Å². The largest absolute Gasteiger partial charge is 0.394 e. The fourth-order valence-electron chi connectivity index (χ4n) is 4.29. The summed E-state index contributed by atoms with van der Waals surface area (Å²) in [6.07, 6.45) is 8.14. The van der Waals surface area contributed by atoms with Gasteiger partial charge < -0.3 is 15.3 Å². The Hall–Kier alpha value is -0.610. The second-order valence-corrected chi connectivity index (χ2v) is 6.46. The number of aliphatic hydroxyl groups excluding tert-OH is 1. The van der Waals surface area contributed by atoms with Crippen molar-refractivity contribution in [1.29, 1.82) is 0 Å². The summed E-state index contributed by atoms with van der Waals surface area (Å²) in [5.74, 6) is 1.53. The van der Waals surface area contributed by atoms with Crippen LogP contribution >= 0.6 is 0 Å². The molecule has 3 aliphatic rings. The van der Waals surface area contributed by atoms with E-state index in [2.05, 4.69) is 5.32 Å². The van der Waals surface area contributed by atoms with Gasteiger partial charge in [-0.05, 0) is 44.1 Å². The first kappa shape index (κ1) is 13.4. The van der Waals surface area contributed by atoms with Crippen LogP contribution in [-0.4, -0.2) is 47.7 Å². The van der Waals surface area contributed by atoms with Crippen molar-refractivity contribution in [2.45, 2.75) is 57.0 Å². The summed E-state index contributed by atoms with van der Waals surface area (Å²) in [7, 11) is 0. The molecule has 0 aromatic heterocycles. The molecule has 19 heavy (non-hydrogen) atoms. The average molecular weight is 266 g/mol. The van der Waals surface area contributed by atoms with Crippen molar-refractivity contribution in [1.82, 2.24) is 10.2 Å². The molecule has 0 radical (unpaired) electrons. The minimum Gasteiger partial charge on any atom is -0.394 e. The van der Waals surface area contributed by atoms with E-state index in [0.29, 0.717) is 11.8 Å². The smallest absolute Gasteiger partial charge is 0.240 e. The highest BCUT2D eigenvalue weighted by molar-refractivity contribution is 5.83. The van der Waals surface area contributed by atoms with Crippen LogP contribution in [0.2, 0.25) is 0 Å². The number of fused-ring (bicyclic) bond motifs is 1. The number of likely N-dealkylation sites (tertiary alicyclic amines) is 1. The Morgan fingerprint density at radius 3 is 2.89 bits per heavy atom. The second kappa shape index (κ2) is 5.80. The molecule has 1 aliphatic carbocycles. The minimum atomic E-state index is 0.0275. The number of amides is 1. The molecule has 0 bridgehead atoms. The van der Waals surface area contributed by atoms with Gasteiger partial charge in [0.15, 0.2) is 0 Å². The van der Waals surface area contributed by atoms with Crippen LogP contribution in [0.3, 0.4) is 0 Å². The number of nitrogens with one attached hydrogen (secondary N) is 1. The first-order valence-corrected chi connectivity index (χ1v) is 7.96. The summed E-state index contributed by atoms with van der Waals surface area (Å²) in [4.78, 5) is 14.8. The molecule has 2 heterocycles. The van der Waals surface area contributed by atoms with Gasteiger partial charge in [-0.1, -0.05) is 19.3 Å². The number of hydrogen-bond donors (Lipinski definition) is 2. The van der Waals surface area contributed by atoms with E-state index in [-0.39, 0.29) is 24.6 Å². The van der Waals surface area contributed by atoms with E-state index in [1.807, 2.05) is 4.90 Å². The lowest BCUT2D eigenvalue weighted by Crippen LogP contribution is -2.51. The molecule has 4 unspecified atom stereocenters. The van der Waals surface area contributed by atoms with Crippen molar-refractivity contribution >= 4 is 5.91 Å². The maximum atomic E-state index is 12.8. The third-order valence-corrected chi connectivity index (χ3v) is 5.38. The van der Waals surface area contributed by atoms with Gasteiger partial charge in [-0.15, -0.1) is 0 Å². The van der Waals surface area contributed by atoms with Crippen LogP contribution < -0.4 is 5.32 Å². The highest BCUT2D eigenvalue weighted by Crippen LogP contribution is 2.38. The van der Waals surface area contributed by atoms with Crippen LogP contribution in [0.25, 0.3) is 0 Å². The lowest BCUT2D eigenvalue weighted by Gasteiger charge is -2.32. The molecule has 3 rings (SSSR count). The van der Waals surface area contributed by atoms with Crippen molar-refractivity contribution in [3.63, 3.8) is 0 Å². The molecule has 0 aromatic carbocycles. The lowest BCUT2D eigenvalue weighted by atomic mass is 9.93. The molecule has 4 nitrogen and oxygen atoms in total. The second-order valence-electron chi connectivity index (χ2n) is 6.46. The van der Waals surface area contributed by atoms with E-state index in [9.17, 15) is 9.90 Å². The summed E-state index contributed by atoms with van der Waals surface area (Å²) in [6.45, 7) is 1.96. The highest BCUT2D eigenvalue weighted by atomic mass is 16.3. The Bertz CT molecular complexity index is 334. The summed E-state index contributed by atoms with van der Waals surface area (Å²) in [5, 5.41) is 13.0. The molecule has 2 N–H and O–H groups in total. The maximum absolute atomic E-state index is 12.8. The van der Waals surface area contributed by atoms with Gasteiger partial charge >= 0.3 is 0 Å². The van der Waals surface area contributed by atoms with E-state index in [1.54, 1.807) is 0 Å². The Kier molecular flexibility index (Phi) is 4.08. The van der Waals surface area contributed by atoms with Crippen LogP contribution in [0.15, 0.2) is 0 Å². The molecule has 4 heteroatoms. The third kappa shape index (κ3) is 2.52. The van der Waals surface area contributed by atoms with Crippen molar-refractivity contribution in [3.05, 3.63) is 0 Å². The summed E-state index contributed by atoms with van der Waals surface area (Å²) in [6, 6.07) is 0.0805. The Balaban J connectivity index is 1.70. The zero-order chi connectivity index (χ0) is 13.2. The number of carbonyl (C=O) groups excluding carboxylic acids is 1. The van der Waals surface area contributed by atoms with Gasteiger partial charge in [0.25, 0.3) is 0 Å². The molecule has 2 aliphatic heterocycles. The topological polar surface area (TPSA) is 52.6 Å². The molecule has 0 aromatic rings. The van der Waals surface area contributed by atoms with E-state index >= 15 is 0 Å². The minimum absolute atomic E-state index is 0.0275. The molecule has 2 saturated heterocycles. The maximum Gasteiger partial charge on any atom is 0.240 e. The quantitative estimate of drug-likeness (QED) is 0.788. The first-order chi connectivity index (χ1) is 9.31. The van der Waals surface area contributed by atoms with Crippen LogP contribution in [0.5, 0.6) is 0 Å². The van der Waals surface area contributed by atoms with E-state index < -0.39 is 0 Å². The van der Waals surface area contributed by atoms with Gasteiger partial charge in [-0.2, -0.15) is 0 Å². The molecular formula is C15H26N2O2. The van der Waals surface area contributed by atoms with Crippen molar-refractivity contribution in [2.75, 3.05) is 19.7 Å². The molecule has 108 valence electrons. The predicted octanol–water partition coefficient (Wildman–Crippen LogP) is 1.14. The first-order valence-electron chi connectivity index (χ1n) is 7.96. The van der Waals surface area contributed by atoms with Gasteiger partial charge in [0.05, 0.1) is 18.7 Å². The third-order valence-electron chi connectivity index (χ3n) is 5.38. The Labute approximate surface area is 115 Å². The number of carbonyl (C=O) groups is 1.